The molecule has 11 aromatic heterocycles. The van der Waals surface area contributed by atoms with Crippen LogP contribution >= 0.6 is 34.0 Å². The maximum atomic E-state index is 5.70. The van der Waals surface area contributed by atoms with Crippen molar-refractivity contribution in [3.63, 3.8) is 0 Å². The third-order valence-corrected chi connectivity index (χ3v) is 20.6. The van der Waals surface area contributed by atoms with E-state index in [2.05, 4.69) is 183 Å². The van der Waals surface area contributed by atoms with E-state index in [0.717, 1.165) is 119 Å². The summed E-state index contributed by atoms with van der Waals surface area (Å²) in [5.74, 6) is 2.10. The summed E-state index contributed by atoms with van der Waals surface area (Å²) in [5, 5.41) is 15.8. The van der Waals surface area contributed by atoms with Gasteiger partial charge in [-0.2, -0.15) is 0 Å². The predicted molar refractivity (Wildman–Crippen MR) is 459 cm³/mol. The Labute approximate surface area is 660 Å². The quantitative estimate of drug-likeness (QED) is 0.0493. The molecule has 1 saturated heterocycles. The van der Waals surface area contributed by atoms with E-state index >= 15 is 0 Å². The number of anilines is 4. The van der Waals surface area contributed by atoms with Crippen LogP contribution in [0.3, 0.4) is 0 Å². The Morgan fingerprint density at radius 1 is 0.402 bits per heavy atom. The topological polar surface area (TPSA) is 238 Å². The molecule has 1 atom stereocenters. The van der Waals surface area contributed by atoms with Gasteiger partial charge in [0.15, 0.2) is 14.9 Å². The van der Waals surface area contributed by atoms with E-state index in [0.29, 0.717) is 24.4 Å². The maximum Gasteiger partial charge on any atom is 0.223 e. The van der Waals surface area contributed by atoms with Crippen LogP contribution in [0.15, 0.2) is 272 Å². The highest BCUT2D eigenvalue weighted by Gasteiger charge is 2.19. The number of nitrogens with two attached hydrogens (primary N) is 1. The van der Waals surface area contributed by atoms with Crippen molar-refractivity contribution in [2.24, 2.45) is 0 Å². The Bertz CT molecular complexity index is 5980. The molecule has 0 spiro atoms. The van der Waals surface area contributed by atoms with Crippen molar-refractivity contribution >= 4 is 121 Å². The summed E-state index contributed by atoms with van der Waals surface area (Å²) in [4.78, 5) is 59.3. The van der Waals surface area contributed by atoms with Crippen molar-refractivity contribution in [1.82, 2.24) is 82.5 Å². The maximum absolute atomic E-state index is 5.70. The number of imidazole rings is 4. The zero-order chi connectivity index (χ0) is 76.1. The highest BCUT2D eigenvalue weighted by Crippen LogP contribution is 2.33. The molecule has 17 aromatic rings. The van der Waals surface area contributed by atoms with E-state index in [4.69, 9.17) is 25.7 Å². The van der Waals surface area contributed by atoms with Crippen LogP contribution in [0.5, 0.6) is 0 Å². The number of hydrogen-bond acceptors (Lipinski definition) is 20. The molecule has 0 aliphatic carbocycles. The Morgan fingerprint density at radius 2 is 0.795 bits per heavy atom. The van der Waals surface area contributed by atoms with Gasteiger partial charge in [-0.25, -0.2) is 59.8 Å². The first-order valence-corrected chi connectivity index (χ1v) is 39.4. The lowest BCUT2D eigenvalue weighted by Crippen LogP contribution is -2.24. The first-order valence-electron chi connectivity index (χ1n) is 36.7. The minimum absolute atomic E-state index is 0.116. The zero-order valence-corrected chi connectivity index (χ0v) is 64.0. The van der Waals surface area contributed by atoms with E-state index in [1.807, 2.05) is 206 Å². The molecule has 1 fully saturated rings. The average Bonchev–Trinajstić information content (AvgIpc) is 1.64. The van der Waals surface area contributed by atoms with Crippen molar-refractivity contribution in [2.75, 3.05) is 48.4 Å². The standard InChI is InChI=1S/C25H21N5S.C24H19N5S.C21H24N6.C18H15N5S/c1-18(19-8-4-2-5-9-19)27-24-26-15-14-21(28-24)12-13-22-23(20-10-6-3-7-11-20)29-25-30(22)16-17-31-25;1-3-7-18(8-4-1)17-26-23-25-14-13-20(27-23)11-12-21-22(19-9-5-2-6-10-19)28-24-29(21)15-16-30-24;22-21-23-11-10-18(25-21)8-9-19-20(17-6-2-1-3-7-17)24-16-27(19)15-14-26-12-4-5-13-26;1-19-17-20-10-9-14(21-17)7-8-15-16(13-5-3-2-4-6-13)22-18-23(15)11-12-24-18/h2-18H,1H3,(H,26,27,28);1-16H,17H2,(H,25,26,27);1-3,6-11,16H,4-5,12-15H2,(H2,22,23,25);2-12H,1H3,(H,19,20,21). The van der Waals surface area contributed by atoms with Gasteiger partial charge in [-0.3, -0.25) is 13.2 Å². The van der Waals surface area contributed by atoms with Crippen molar-refractivity contribution < 1.29 is 0 Å². The smallest absolute Gasteiger partial charge is 0.223 e. The van der Waals surface area contributed by atoms with E-state index in [-0.39, 0.29) is 12.0 Å². The first-order chi connectivity index (χ1) is 55.3. The van der Waals surface area contributed by atoms with Gasteiger partial charge in [0.1, 0.15) is 0 Å². The van der Waals surface area contributed by atoms with Crippen molar-refractivity contribution in [1.29, 1.82) is 0 Å². The highest BCUT2D eigenvalue weighted by molar-refractivity contribution is 7.15. The van der Waals surface area contributed by atoms with E-state index < -0.39 is 0 Å². The lowest BCUT2D eigenvalue weighted by Gasteiger charge is -2.15. The lowest BCUT2D eigenvalue weighted by molar-refractivity contribution is 0.322. The predicted octanol–water partition coefficient (Wildman–Crippen LogP) is 19.1. The second-order valence-corrected chi connectivity index (χ2v) is 28.5. The van der Waals surface area contributed by atoms with Crippen molar-refractivity contribution in [3.8, 4) is 45.0 Å². The van der Waals surface area contributed by atoms with Crippen LogP contribution in [-0.2, 0) is 13.1 Å². The number of hydrogen-bond donors (Lipinski definition) is 4. The number of nitrogens with one attached hydrogen (secondary N) is 3. The van der Waals surface area contributed by atoms with Crippen LogP contribution in [-0.4, -0.2) is 109 Å². The molecule has 0 bridgehead atoms. The number of likely N-dealkylation sites (tertiary alicyclic amines) is 1. The van der Waals surface area contributed by atoms with E-state index in [9.17, 15) is 0 Å². The number of thiazole rings is 3. The molecule has 1 aliphatic rings. The van der Waals surface area contributed by atoms with Crippen LogP contribution in [0.1, 0.15) is 82.5 Å². The van der Waals surface area contributed by atoms with Crippen LogP contribution in [0.4, 0.5) is 23.8 Å². The molecule has 18 rings (SSSR count). The second kappa shape index (κ2) is 36.6. The number of nitrogens with zero attached hydrogens (tertiary/aromatic N) is 17. The van der Waals surface area contributed by atoms with Crippen LogP contribution < -0.4 is 21.7 Å². The molecule has 21 nitrogen and oxygen atoms in total. The Hall–Kier alpha value is -13.5. The average molecular weight is 1530 g/mol. The van der Waals surface area contributed by atoms with Gasteiger partial charge in [0.2, 0.25) is 23.8 Å². The lowest BCUT2D eigenvalue weighted by atomic mass is 10.1. The van der Waals surface area contributed by atoms with Crippen molar-refractivity contribution in [3.05, 3.63) is 329 Å². The number of fused-ring (bicyclic) bond motifs is 3. The Kier molecular flexibility index (Phi) is 24.2. The Morgan fingerprint density at radius 3 is 1.26 bits per heavy atom. The van der Waals surface area contributed by atoms with E-state index in [1.54, 1.807) is 58.8 Å². The summed E-state index contributed by atoms with van der Waals surface area (Å²) < 4.78 is 8.55. The Balaban J connectivity index is 0.000000119. The van der Waals surface area contributed by atoms with Crippen LogP contribution in [0.25, 0.3) is 109 Å². The highest BCUT2D eigenvalue weighted by atomic mass is 32.1. The van der Waals surface area contributed by atoms with Gasteiger partial charge < -0.3 is 31.2 Å². The summed E-state index contributed by atoms with van der Waals surface area (Å²) in [6.45, 7) is 7.16. The fourth-order valence-corrected chi connectivity index (χ4v) is 14.9. The largest absolute Gasteiger partial charge is 0.368 e. The monoisotopic (exact) mass is 1530 g/mol. The van der Waals surface area contributed by atoms with Gasteiger partial charge in [-0.1, -0.05) is 182 Å². The molecule has 5 N–H and O–H groups in total. The fourth-order valence-electron chi connectivity index (χ4n) is 12.7. The molecule has 1 unspecified atom stereocenters. The number of nitrogen functional groups attached to an aromatic ring is 1. The van der Waals surface area contributed by atoms with Gasteiger partial charge in [-0.15, -0.1) is 34.0 Å². The first kappa shape index (κ1) is 74.0. The molecular formula is C88H79N21S3. The van der Waals surface area contributed by atoms with Gasteiger partial charge in [-0.05, 0) is 117 Å². The molecule has 112 heavy (non-hydrogen) atoms. The second-order valence-electron chi connectivity index (χ2n) is 25.8. The normalized spacial score (nSPS) is 12.5. The SMILES string of the molecule is C(=Cc1c(-c2ccccc2)nc2sccn12)c1ccnc(NCc2ccccc2)n1.CC(Nc1nccc(C=Cc2c(-c3ccccc3)nc3sccn23)n1)c1ccccc1.CNc1nccc(C=Cc2c(-c3ccccc3)nc3sccn23)n1.Nc1nccc(C=Cc2c(-c3ccccc3)ncn2CCN2CCCC2)n1. The number of rotatable bonds is 22. The van der Waals surface area contributed by atoms with E-state index in [1.165, 1.54) is 37.1 Å². The molecule has 0 saturated carbocycles. The van der Waals surface area contributed by atoms with Gasteiger partial charge in [0.25, 0.3) is 0 Å². The summed E-state index contributed by atoms with van der Waals surface area (Å²) in [5.41, 5.74) is 23.9. The summed E-state index contributed by atoms with van der Waals surface area (Å²) in [6.07, 6.45) is 33.9. The molecule has 0 radical (unpaired) electrons. The summed E-state index contributed by atoms with van der Waals surface area (Å²) >= 11 is 4.88. The summed E-state index contributed by atoms with van der Waals surface area (Å²) in [6, 6.07) is 69.2. The third kappa shape index (κ3) is 18.8. The number of benzene rings is 6. The molecule has 554 valence electrons. The molecule has 24 heteroatoms. The molecule has 6 aromatic carbocycles. The third-order valence-electron chi connectivity index (χ3n) is 18.4. The summed E-state index contributed by atoms with van der Waals surface area (Å²) in [7, 11) is 1.81. The van der Waals surface area contributed by atoms with Gasteiger partial charge in [0.05, 0.1) is 80.7 Å². The minimum atomic E-state index is 0.116. The van der Waals surface area contributed by atoms with Gasteiger partial charge >= 0.3 is 0 Å². The minimum Gasteiger partial charge on any atom is -0.368 e. The van der Waals surface area contributed by atoms with Crippen LogP contribution in [0, 0.1) is 0 Å². The zero-order valence-electron chi connectivity index (χ0n) is 61.5. The fraction of sp³-hybridized carbons (Fsp3) is 0.114. The molecule has 0 amide bonds. The van der Waals surface area contributed by atoms with Gasteiger partial charge in [0, 0.05) is 108 Å². The molecular weight excluding hydrogens is 1450 g/mol. The molecule has 12 heterocycles. The van der Waals surface area contributed by atoms with Crippen LogP contribution in [0.2, 0.25) is 0 Å². The number of aromatic nitrogens is 16. The van der Waals surface area contributed by atoms with Crippen molar-refractivity contribution in [2.45, 2.75) is 38.9 Å². The molecule has 1 aliphatic heterocycles.